The van der Waals surface area contributed by atoms with E-state index in [-0.39, 0.29) is 0 Å². The maximum atomic E-state index is 5.67. The van der Waals surface area contributed by atoms with Gasteiger partial charge in [-0.25, -0.2) is 0 Å². The van der Waals surface area contributed by atoms with Crippen LogP contribution in [0.4, 0.5) is 0 Å². The van der Waals surface area contributed by atoms with Gasteiger partial charge in [0.15, 0.2) is 0 Å². The van der Waals surface area contributed by atoms with Crippen molar-refractivity contribution in [1.82, 2.24) is 4.90 Å². The van der Waals surface area contributed by atoms with Crippen LogP contribution < -0.4 is 4.74 Å². The standard InChI is InChI=1S/C23H27NO2/c1-24(14-12-17-6-3-7-18-13-15-26-23(17)18)16-19-8-4-10-21-20(19)9-5-11-22(21)25-2/h3,5-7,9,11,13,15,19H,4,8,10,12,14,16H2,1-2H3/t19-/m0/s1. The molecule has 2 aromatic carbocycles. The second-order valence-corrected chi connectivity index (χ2v) is 7.39. The van der Waals surface area contributed by atoms with Crippen LogP contribution in [0.2, 0.25) is 0 Å². The second-order valence-electron chi connectivity index (χ2n) is 7.39. The third-order valence-corrected chi connectivity index (χ3v) is 5.66. The molecule has 0 amide bonds. The molecule has 3 nitrogen and oxygen atoms in total. The van der Waals surface area contributed by atoms with E-state index in [9.17, 15) is 0 Å². The third kappa shape index (κ3) is 3.36. The van der Waals surface area contributed by atoms with Crippen LogP contribution in [0.15, 0.2) is 53.1 Å². The summed E-state index contributed by atoms with van der Waals surface area (Å²) in [4.78, 5) is 2.46. The number of furan rings is 1. The number of hydrogen-bond acceptors (Lipinski definition) is 3. The van der Waals surface area contributed by atoms with E-state index in [0.717, 1.165) is 37.3 Å². The summed E-state index contributed by atoms with van der Waals surface area (Å²) in [6, 6.07) is 15.0. The number of methoxy groups -OCH3 is 1. The summed E-state index contributed by atoms with van der Waals surface area (Å²) in [5, 5.41) is 1.19. The van der Waals surface area contributed by atoms with Gasteiger partial charge in [-0.15, -0.1) is 0 Å². The Morgan fingerprint density at radius 1 is 1.15 bits per heavy atom. The molecule has 0 N–H and O–H groups in total. The predicted molar refractivity (Wildman–Crippen MR) is 106 cm³/mol. The Hall–Kier alpha value is -2.26. The summed E-state index contributed by atoms with van der Waals surface area (Å²) in [7, 11) is 4.01. The van der Waals surface area contributed by atoms with Gasteiger partial charge >= 0.3 is 0 Å². The average molecular weight is 349 g/mol. The lowest BCUT2D eigenvalue weighted by Crippen LogP contribution is -2.28. The normalized spacial score (nSPS) is 16.8. The van der Waals surface area contributed by atoms with Crippen LogP contribution in [-0.2, 0) is 12.8 Å². The lowest BCUT2D eigenvalue weighted by atomic mass is 9.82. The summed E-state index contributed by atoms with van der Waals surface area (Å²) < 4.78 is 11.3. The van der Waals surface area contributed by atoms with Crippen LogP contribution in [0.3, 0.4) is 0 Å². The molecule has 0 bridgehead atoms. The van der Waals surface area contributed by atoms with E-state index in [2.05, 4.69) is 48.3 Å². The number of fused-ring (bicyclic) bond motifs is 2. The largest absolute Gasteiger partial charge is 0.496 e. The van der Waals surface area contributed by atoms with Crippen molar-refractivity contribution in [1.29, 1.82) is 0 Å². The van der Waals surface area contributed by atoms with Crippen LogP contribution in [0.5, 0.6) is 5.75 Å². The van der Waals surface area contributed by atoms with Crippen molar-refractivity contribution in [2.24, 2.45) is 0 Å². The number of benzene rings is 2. The fourth-order valence-corrected chi connectivity index (χ4v) is 4.32. The van der Waals surface area contributed by atoms with Crippen molar-refractivity contribution in [2.45, 2.75) is 31.6 Å². The molecule has 26 heavy (non-hydrogen) atoms. The molecule has 3 heteroatoms. The molecule has 136 valence electrons. The van der Waals surface area contributed by atoms with Gasteiger partial charge < -0.3 is 14.1 Å². The molecule has 3 aromatic rings. The molecule has 0 radical (unpaired) electrons. The highest BCUT2D eigenvalue weighted by molar-refractivity contribution is 5.80. The predicted octanol–water partition coefficient (Wildman–Crippen LogP) is 5.04. The van der Waals surface area contributed by atoms with E-state index >= 15 is 0 Å². The number of ether oxygens (including phenoxy) is 1. The van der Waals surface area contributed by atoms with Gasteiger partial charge in [0.2, 0.25) is 0 Å². The summed E-state index contributed by atoms with van der Waals surface area (Å²) >= 11 is 0. The monoisotopic (exact) mass is 349 g/mol. The third-order valence-electron chi connectivity index (χ3n) is 5.66. The maximum absolute atomic E-state index is 5.67. The van der Waals surface area contributed by atoms with Gasteiger partial charge in [-0.05, 0) is 67.5 Å². The zero-order chi connectivity index (χ0) is 17.9. The van der Waals surface area contributed by atoms with Gasteiger partial charge in [-0.3, -0.25) is 0 Å². The molecular formula is C23H27NO2. The Morgan fingerprint density at radius 2 is 2.04 bits per heavy atom. The Morgan fingerprint density at radius 3 is 2.92 bits per heavy atom. The van der Waals surface area contributed by atoms with Crippen LogP contribution in [0, 0.1) is 0 Å². The molecule has 0 unspecified atom stereocenters. The zero-order valence-electron chi connectivity index (χ0n) is 15.7. The molecule has 1 aliphatic rings. The SMILES string of the molecule is COc1cccc2c1CCC[C@H]2CN(C)CCc1cccc2ccoc12. The lowest BCUT2D eigenvalue weighted by Gasteiger charge is -2.30. The molecule has 0 spiro atoms. The Kier molecular flexibility index (Phi) is 4.98. The van der Waals surface area contributed by atoms with E-state index < -0.39 is 0 Å². The highest BCUT2D eigenvalue weighted by Crippen LogP contribution is 2.36. The minimum absolute atomic E-state index is 0.596. The van der Waals surface area contributed by atoms with Crippen molar-refractivity contribution in [3.63, 3.8) is 0 Å². The van der Waals surface area contributed by atoms with Gasteiger partial charge in [0.25, 0.3) is 0 Å². The number of nitrogens with zero attached hydrogens (tertiary/aromatic N) is 1. The molecular weight excluding hydrogens is 322 g/mol. The quantitative estimate of drug-likeness (QED) is 0.624. The smallest absolute Gasteiger partial charge is 0.137 e. The Bertz CT molecular complexity index is 883. The van der Waals surface area contributed by atoms with Crippen molar-refractivity contribution >= 4 is 11.0 Å². The first kappa shape index (κ1) is 17.2. The number of hydrogen-bond donors (Lipinski definition) is 0. The van der Waals surface area contributed by atoms with E-state index in [4.69, 9.17) is 9.15 Å². The number of para-hydroxylation sites is 1. The molecule has 1 aromatic heterocycles. The van der Waals surface area contributed by atoms with Crippen LogP contribution in [0.25, 0.3) is 11.0 Å². The molecule has 0 fully saturated rings. The average Bonchev–Trinajstić information content (AvgIpc) is 3.15. The Labute approximate surface area is 155 Å². The van der Waals surface area contributed by atoms with Gasteiger partial charge in [0.1, 0.15) is 11.3 Å². The minimum atomic E-state index is 0.596. The van der Waals surface area contributed by atoms with Gasteiger partial charge in [0.05, 0.1) is 13.4 Å². The fraction of sp³-hybridized carbons (Fsp3) is 0.391. The summed E-state index contributed by atoms with van der Waals surface area (Å²) in [5.74, 6) is 1.65. The first-order valence-electron chi connectivity index (χ1n) is 9.55. The highest BCUT2D eigenvalue weighted by Gasteiger charge is 2.23. The first-order chi connectivity index (χ1) is 12.8. The van der Waals surface area contributed by atoms with Crippen LogP contribution >= 0.6 is 0 Å². The Balaban J connectivity index is 1.43. The first-order valence-corrected chi connectivity index (χ1v) is 9.55. The molecule has 0 saturated carbocycles. The fourth-order valence-electron chi connectivity index (χ4n) is 4.32. The molecule has 4 rings (SSSR count). The lowest BCUT2D eigenvalue weighted by molar-refractivity contribution is 0.299. The summed E-state index contributed by atoms with van der Waals surface area (Å²) in [6.45, 7) is 2.13. The van der Waals surface area contributed by atoms with Gasteiger partial charge in [-0.1, -0.05) is 30.3 Å². The molecule has 0 saturated heterocycles. The second kappa shape index (κ2) is 7.55. The van der Waals surface area contributed by atoms with Crippen LogP contribution in [0.1, 0.15) is 35.4 Å². The molecule has 0 aliphatic heterocycles. The van der Waals surface area contributed by atoms with E-state index in [1.165, 1.54) is 34.9 Å². The summed E-state index contributed by atoms with van der Waals surface area (Å²) in [5.41, 5.74) is 5.23. The molecule has 1 heterocycles. The van der Waals surface area contributed by atoms with Crippen molar-refractivity contribution < 1.29 is 9.15 Å². The van der Waals surface area contributed by atoms with Gasteiger partial charge in [-0.2, -0.15) is 0 Å². The topological polar surface area (TPSA) is 25.6 Å². The van der Waals surface area contributed by atoms with Crippen molar-refractivity contribution in [3.05, 3.63) is 65.4 Å². The maximum Gasteiger partial charge on any atom is 0.137 e. The van der Waals surface area contributed by atoms with Crippen molar-refractivity contribution in [3.8, 4) is 5.75 Å². The van der Waals surface area contributed by atoms with E-state index in [0.29, 0.717) is 5.92 Å². The number of rotatable bonds is 6. The van der Waals surface area contributed by atoms with Crippen LogP contribution in [-0.4, -0.2) is 32.1 Å². The number of likely N-dealkylation sites (N-methyl/N-ethyl adjacent to an activating group) is 1. The van der Waals surface area contributed by atoms with Gasteiger partial charge in [0, 0.05) is 18.5 Å². The highest BCUT2D eigenvalue weighted by atomic mass is 16.5. The minimum Gasteiger partial charge on any atom is -0.496 e. The van der Waals surface area contributed by atoms with E-state index in [1.54, 1.807) is 13.4 Å². The summed E-state index contributed by atoms with van der Waals surface area (Å²) in [6.07, 6.45) is 6.44. The molecule has 1 atom stereocenters. The zero-order valence-corrected chi connectivity index (χ0v) is 15.7. The van der Waals surface area contributed by atoms with Crippen molar-refractivity contribution in [2.75, 3.05) is 27.2 Å². The van der Waals surface area contributed by atoms with E-state index in [1.807, 2.05) is 6.07 Å². The molecule has 1 aliphatic carbocycles.